The Morgan fingerprint density at radius 1 is 1.15 bits per heavy atom. The lowest BCUT2D eigenvalue weighted by Gasteiger charge is -2.27. The standard InChI is InChI=1S/C19H17F2N3O2/c20-15-3-1-2-13(10-15)14-4-5-17-22-16(12-24(17)11-14)23-18(25)19(21)6-8-26-9-7-19/h1-5,10-12H,6-9H2,(H,23,25). The largest absolute Gasteiger partial charge is 0.381 e. The fraction of sp³-hybridized carbons (Fsp3) is 0.263. The SMILES string of the molecule is O=C(Nc1cn2cc(-c3cccc(F)c3)ccc2n1)C1(F)CCOCC1. The van der Waals surface area contributed by atoms with Crippen LogP contribution in [0, 0.1) is 5.82 Å². The van der Waals surface area contributed by atoms with Crippen LogP contribution in [-0.4, -0.2) is 34.2 Å². The van der Waals surface area contributed by atoms with E-state index in [2.05, 4.69) is 10.3 Å². The summed E-state index contributed by atoms with van der Waals surface area (Å²) >= 11 is 0. The number of nitrogens with one attached hydrogen (secondary N) is 1. The van der Waals surface area contributed by atoms with Crippen molar-refractivity contribution in [3.63, 3.8) is 0 Å². The van der Waals surface area contributed by atoms with Crippen molar-refractivity contribution in [1.82, 2.24) is 9.38 Å². The fourth-order valence-electron chi connectivity index (χ4n) is 3.04. The number of benzene rings is 1. The predicted octanol–water partition coefficient (Wildman–Crippen LogP) is 3.60. The summed E-state index contributed by atoms with van der Waals surface area (Å²) in [5.74, 6) is -0.740. The van der Waals surface area contributed by atoms with Gasteiger partial charge in [-0.3, -0.25) is 4.79 Å². The zero-order valence-corrected chi connectivity index (χ0v) is 13.9. The molecule has 1 aliphatic rings. The molecule has 0 atom stereocenters. The Hall–Kier alpha value is -2.80. The second-order valence-corrected chi connectivity index (χ2v) is 6.35. The molecule has 1 saturated heterocycles. The monoisotopic (exact) mass is 357 g/mol. The third kappa shape index (κ3) is 3.17. The number of carbonyl (C=O) groups excluding carboxylic acids is 1. The van der Waals surface area contributed by atoms with Gasteiger partial charge in [0.15, 0.2) is 11.5 Å². The second kappa shape index (κ2) is 6.49. The minimum atomic E-state index is -1.93. The highest BCUT2D eigenvalue weighted by Gasteiger charge is 2.40. The Morgan fingerprint density at radius 2 is 1.96 bits per heavy atom. The molecule has 26 heavy (non-hydrogen) atoms. The molecular weight excluding hydrogens is 340 g/mol. The van der Waals surface area contributed by atoms with Crippen LogP contribution >= 0.6 is 0 Å². The highest BCUT2D eigenvalue weighted by atomic mass is 19.1. The molecule has 7 heteroatoms. The molecule has 5 nitrogen and oxygen atoms in total. The van der Waals surface area contributed by atoms with E-state index in [1.54, 1.807) is 28.9 Å². The van der Waals surface area contributed by atoms with Crippen LogP contribution in [0.25, 0.3) is 16.8 Å². The van der Waals surface area contributed by atoms with E-state index in [4.69, 9.17) is 4.74 Å². The van der Waals surface area contributed by atoms with E-state index >= 15 is 0 Å². The van der Waals surface area contributed by atoms with E-state index in [1.165, 1.54) is 12.1 Å². The average molecular weight is 357 g/mol. The highest BCUT2D eigenvalue weighted by molar-refractivity contribution is 5.96. The molecule has 134 valence electrons. The van der Waals surface area contributed by atoms with Gasteiger partial charge in [0.25, 0.3) is 5.91 Å². The molecule has 0 aliphatic carbocycles. The number of halogens is 2. The topological polar surface area (TPSA) is 55.6 Å². The second-order valence-electron chi connectivity index (χ2n) is 6.35. The molecule has 2 aromatic heterocycles. The number of imidazole rings is 1. The number of amides is 1. The van der Waals surface area contributed by atoms with E-state index in [9.17, 15) is 13.6 Å². The minimum Gasteiger partial charge on any atom is -0.381 e. The van der Waals surface area contributed by atoms with Crippen molar-refractivity contribution < 1.29 is 18.3 Å². The number of rotatable bonds is 3. The van der Waals surface area contributed by atoms with Crippen LogP contribution in [-0.2, 0) is 9.53 Å². The molecule has 3 heterocycles. The smallest absolute Gasteiger partial charge is 0.263 e. The number of carbonyl (C=O) groups is 1. The van der Waals surface area contributed by atoms with Crippen molar-refractivity contribution in [2.45, 2.75) is 18.5 Å². The van der Waals surface area contributed by atoms with Gasteiger partial charge >= 0.3 is 0 Å². The lowest BCUT2D eigenvalue weighted by Crippen LogP contribution is -2.43. The van der Waals surface area contributed by atoms with Gasteiger partial charge in [-0.1, -0.05) is 12.1 Å². The number of hydrogen-bond acceptors (Lipinski definition) is 3. The van der Waals surface area contributed by atoms with Crippen molar-refractivity contribution in [2.24, 2.45) is 0 Å². The third-order valence-corrected chi connectivity index (χ3v) is 4.54. The van der Waals surface area contributed by atoms with Crippen molar-refractivity contribution in [2.75, 3.05) is 18.5 Å². The zero-order valence-electron chi connectivity index (χ0n) is 13.9. The summed E-state index contributed by atoms with van der Waals surface area (Å²) in [5, 5.41) is 2.55. The Kier molecular flexibility index (Phi) is 4.16. The van der Waals surface area contributed by atoms with Gasteiger partial charge in [0, 0.05) is 19.0 Å². The maximum absolute atomic E-state index is 14.7. The molecule has 1 aliphatic heterocycles. The molecule has 0 unspecified atom stereocenters. The summed E-state index contributed by atoms with van der Waals surface area (Å²) in [7, 11) is 0. The first-order valence-electron chi connectivity index (χ1n) is 8.36. The number of anilines is 1. The van der Waals surface area contributed by atoms with Gasteiger partial charge in [0.2, 0.25) is 0 Å². The normalized spacial score (nSPS) is 16.5. The lowest BCUT2D eigenvalue weighted by molar-refractivity contribution is -0.133. The van der Waals surface area contributed by atoms with Gasteiger partial charge < -0.3 is 14.5 Å². The third-order valence-electron chi connectivity index (χ3n) is 4.54. The quantitative estimate of drug-likeness (QED) is 0.779. The van der Waals surface area contributed by atoms with Gasteiger partial charge in [-0.15, -0.1) is 0 Å². The highest BCUT2D eigenvalue weighted by Crippen LogP contribution is 2.27. The lowest BCUT2D eigenvalue weighted by atomic mass is 9.95. The number of fused-ring (bicyclic) bond motifs is 1. The van der Waals surface area contributed by atoms with Gasteiger partial charge in [-0.05, 0) is 35.4 Å². The molecule has 0 radical (unpaired) electrons. The molecule has 1 fully saturated rings. The minimum absolute atomic E-state index is 0.0376. The van der Waals surface area contributed by atoms with Gasteiger partial charge in [0.1, 0.15) is 11.5 Å². The first-order chi connectivity index (χ1) is 12.5. The Balaban J connectivity index is 1.59. The van der Waals surface area contributed by atoms with Crippen LogP contribution in [0.15, 0.2) is 48.8 Å². The van der Waals surface area contributed by atoms with Gasteiger partial charge in [0.05, 0.1) is 19.4 Å². The maximum atomic E-state index is 14.7. The maximum Gasteiger partial charge on any atom is 0.263 e. The molecule has 0 saturated carbocycles. The van der Waals surface area contributed by atoms with Crippen LogP contribution in [0.2, 0.25) is 0 Å². The van der Waals surface area contributed by atoms with Crippen molar-refractivity contribution in [3.8, 4) is 11.1 Å². The van der Waals surface area contributed by atoms with Crippen LogP contribution in [0.4, 0.5) is 14.6 Å². The zero-order chi connectivity index (χ0) is 18.1. The molecule has 3 aromatic rings. The Bertz CT molecular complexity index is 964. The summed E-state index contributed by atoms with van der Waals surface area (Å²) in [5.41, 5.74) is 0.205. The number of alkyl halides is 1. The summed E-state index contributed by atoms with van der Waals surface area (Å²) < 4.78 is 34.9. The van der Waals surface area contributed by atoms with Gasteiger partial charge in [-0.25, -0.2) is 13.8 Å². The van der Waals surface area contributed by atoms with Crippen molar-refractivity contribution in [3.05, 3.63) is 54.6 Å². The van der Waals surface area contributed by atoms with Crippen LogP contribution in [0.3, 0.4) is 0 Å². The Labute approximate surface area is 148 Å². The summed E-state index contributed by atoms with van der Waals surface area (Å²) in [4.78, 5) is 16.5. The predicted molar refractivity (Wildman–Crippen MR) is 93.1 cm³/mol. The van der Waals surface area contributed by atoms with Gasteiger partial charge in [-0.2, -0.15) is 0 Å². The summed E-state index contributed by atoms with van der Waals surface area (Å²) in [6, 6.07) is 9.85. The van der Waals surface area contributed by atoms with E-state index < -0.39 is 11.6 Å². The summed E-state index contributed by atoms with van der Waals surface area (Å²) in [6.45, 7) is 0.457. The number of hydrogen-bond donors (Lipinski definition) is 1. The average Bonchev–Trinajstić information content (AvgIpc) is 3.03. The van der Waals surface area contributed by atoms with Crippen LogP contribution < -0.4 is 5.32 Å². The first-order valence-corrected chi connectivity index (χ1v) is 8.36. The number of ether oxygens (including phenoxy) is 1. The van der Waals surface area contributed by atoms with Crippen LogP contribution in [0.1, 0.15) is 12.8 Å². The molecule has 4 rings (SSSR count). The molecular formula is C19H17F2N3O2. The number of nitrogens with zero attached hydrogens (tertiary/aromatic N) is 2. The van der Waals surface area contributed by atoms with Crippen molar-refractivity contribution in [1.29, 1.82) is 0 Å². The number of pyridine rings is 1. The molecule has 1 amide bonds. The summed E-state index contributed by atoms with van der Waals surface area (Å²) in [6.07, 6.45) is 3.47. The first kappa shape index (κ1) is 16.7. The molecule has 1 aromatic carbocycles. The molecule has 1 N–H and O–H groups in total. The number of aromatic nitrogens is 2. The molecule has 0 spiro atoms. The van der Waals surface area contributed by atoms with E-state index in [0.29, 0.717) is 5.65 Å². The van der Waals surface area contributed by atoms with E-state index in [0.717, 1.165) is 11.1 Å². The Morgan fingerprint density at radius 3 is 2.73 bits per heavy atom. The van der Waals surface area contributed by atoms with E-state index in [1.807, 2.05) is 12.1 Å². The molecule has 0 bridgehead atoms. The van der Waals surface area contributed by atoms with Crippen molar-refractivity contribution >= 4 is 17.4 Å². The fourth-order valence-corrected chi connectivity index (χ4v) is 3.04. The van der Waals surface area contributed by atoms with E-state index in [-0.39, 0.29) is 37.7 Å². The van der Waals surface area contributed by atoms with Crippen LogP contribution in [0.5, 0.6) is 0 Å².